The van der Waals surface area contributed by atoms with Crippen molar-refractivity contribution in [3.8, 4) is 0 Å². The molecule has 0 bridgehead atoms. The van der Waals surface area contributed by atoms with Crippen LogP contribution < -0.4 is 0 Å². The van der Waals surface area contributed by atoms with Crippen LogP contribution in [0.25, 0.3) is 0 Å². The summed E-state index contributed by atoms with van der Waals surface area (Å²) in [6.07, 6.45) is 7.63. The maximum absolute atomic E-state index is 12.1. The average molecular weight is 363 g/mol. The van der Waals surface area contributed by atoms with Gasteiger partial charge in [0.15, 0.2) is 0 Å². The van der Waals surface area contributed by atoms with Crippen LogP contribution in [0.4, 0.5) is 0 Å². The molecule has 0 heterocycles. The van der Waals surface area contributed by atoms with E-state index in [1.54, 1.807) is 24.3 Å². The maximum Gasteiger partial charge on any atom is 0.338 e. The van der Waals surface area contributed by atoms with Crippen molar-refractivity contribution in [1.29, 1.82) is 0 Å². The first-order chi connectivity index (χ1) is 12.4. The van der Waals surface area contributed by atoms with E-state index in [1.807, 2.05) is 6.92 Å². The van der Waals surface area contributed by atoms with Gasteiger partial charge in [0.2, 0.25) is 0 Å². The second kappa shape index (κ2) is 12.5. The van der Waals surface area contributed by atoms with Gasteiger partial charge in [-0.1, -0.05) is 52.9 Å². The molecule has 0 radical (unpaired) electrons. The summed E-state index contributed by atoms with van der Waals surface area (Å²) in [5, 5.41) is 0. The molecule has 1 aromatic rings. The van der Waals surface area contributed by atoms with Crippen molar-refractivity contribution in [1.82, 2.24) is 0 Å². The molecule has 1 rings (SSSR count). The van der Waals surface area contributed by atoms with E-state index in [0.717, 1.165) is 19.3 Å². The fourth-order valence-electron chi connectivity index (χ4n) is 2.84. The van der Waals surface area contributed by atoms with Crippen molar-refractivity contribution in [2.75, 3.05) is 6.61 Å². The minimum absolute atomic E-state index is 0.121. The Morgan fingerprint density at radius 1 is 0.846 bits per heavy atom. The topological polar surface area (TPSA) is 52.6 Å². The van der Waals surface area contributed by atoms with Crippen molar-refractivity contribution < 1.29 is 19.1 Å². The number of unbranched alkanes of at least 4 members (excludes halogenated alkanes) is 5. The first-order valence-corrected chi connectivity index (χ1v) is 9.92. The zero-order valence-corrected chi connectivity index (χ0v) is 16.8. The van der Waals surface area contributed by atoms with E-state index in [-0.39, 0.29) is 18.0 Å². The summed E-state index contributed by atoms with van der Waals surface area (Å²) in [6, 6.07) is 6.47. The maximum atomic E-state index is 12.1. The third kappa shape index (κ3) is 9.02. The minimum Gasteiger partial charge on any atom is -0.462 e. The molecule has 0 saturated carbocycles. The lowest BCUT2D eigenvalue weighted by molar-refractivity contribution is 0.0298. The van der Waals surface area contributed by atoms with Crippen LogP contribution in [0.5, 0.6) is 0 Å². The van der Waals surface area contributed by atoms with Crippen LogP contribution in [-0.4, -0.2) is 24.6 Å². The number of benzene rings is 1. The van der Waals surface area contributed by atoms with E-state index < -0.39 is 0 Å². The molecule has 1 aromatic carbocycles. The Morgan fingerprint density at radius 3 is 1.96 bits per heavy atom. The summed E-state index contributed by atoms with van der Waals surface area (Å²) in [5.74, 6) is -0.224. The molecule has 4 heteroatoms. The van der Waals surface area contributed by atoms with Crippen molar-refractivity contribution in [2.45, 2.75) is 78.7 Å². The molecular formula is C22H34O4. The van der Waals surface area contributed by atoms with Gasteiger partial charge in [0.25, 0.3) is 0 Å². The van der Waals surface area contributed by atoms with Crippen molar-refractivity contribution >= 4 is 11.9 Å². The molecule has 0 fully saturated rings. The van der Waals surface area contributed by atoms with E-state index in [2.05, 4.69) is 20.8 Å². The Hall–Kier alpha value is -1.84. The molecule has 146 valence electrons. The first kappa shape index (κ1) is 22.2. The quantitative estimate of drug-likeness (QED) is 0.348. The Kier molecular flexibility index (Phi) is 10.7. The number of carbonyl (C=O) groups is 2. The van der Waals surface area contributed by atoms with Crippen molar-refractivity contribution in [3.05, 3.63) is 35.4 Å². The van der Waals surface area contributed by atoms with Crippen LogP contribution in [0.3, 0.4) is 0 Å². The molecule has 4 nitrogen and oxygen atoms in total. The van der Waals surface area contributed by atoms with Gasteiger partial charge in [-0.2, -0.15) is 0 Å². The molecule has 26 heavy (non-hydrogen) atoms. The zero-order chi connectivity index (χ0) is 19.4. The Bertz CT molecular complexity index is 534. The number of esters is 2. The fraction of sp³-hybridized carbons (Fsp3) is 0.636. The molecule has 0 aliphatic heterocycles. The van der Waals surface area contributed by atoms with Gasteiger partial charge in [0.05, 0.1) is 23.8 Å². The van der Waals surface area contributed by atoms with Crippen LogP contribution in [0.1, 0.15) is 93.4 Å². The first-order valence-electron chi connectivity index (χ1n) is 9.92. The highest BCUT2D eigenvalue weighted by atomic mass is 16.5. The number of carbonyl (C=O) groups excluding carboxylic acids is 2. The van der Waals surface area contributed by atoms with Crippen molar-refractivity contribution in [3.63, 3.8) is 0 Å². The molecule has 0 aliphatic carbocycles. The van der Waals surface area contributed by atoms with Gasteiger partial charge in [0, 0.05) is 0 Å². The highest BCUT2D eigenvalue weighted by Crippen LogP contribution is 2.13. The van der Waals surface area contributed by atoms with E-state index in [4.69, 9.17) is 9.47 Å². The normalized spacial score (nSPS) is 12.0. The van der Waals surface area contributed by atoms with Gasteiger partial charge in [-0.3, -0.25) is 0 Å². The van der Waals surface area contributed by atoms with Gasteiger partial charge >= 0.3 is 11.9 Å². The standard InChI is InChI=1S/C22H34O4/c1-5-6-7-8-9-10-15-25-21(23)19-11-13-20(14-12-19)22(24)26-18(4)16-17(2)3/h11-14,17-18H,5-10,15-16H2,1-4H3. The third-order valence-electron chi connectivity index (χ3n) is 4.20. The second-order valence-electron chi connectivity index (χ2n) is 7.33. The molecular weight excluding hydrogens is 328 g/mol. The highest BCUT2D eigenvalue weighted by molar-refractivity contribution is 5.93. The predicted molar refractivity (Wildman–Crippen MR) is 104 cm³/mol. The van der Waals surface area contributed by atoms with E-state index in [1.165, 1.54) is 25.7 Å². The van der Waals surface area contributed by atoms with Gasteiger partial charge < -0.3 is 9.47 Å². The van der Waals surface area contributed by atoms with Crippen LogP contribution in [0.2, 0.25) is 0 Å². The Labute approximate surface area is 158 Å². The molecule has 0 N–H and O–H groups in total. The highest BCUT2D eigenvalue weighted by Gasteiger charge is 2.14. The summed E-state index contributed by atoms with van der Waals surface area (Å²) in [4.78, 5) is 24.1. The van der Waals surface area contributed by atoms with Crippen LogP contribution in [-0.2, 0) is 9.47 Å². The molecule has 0 spiro atoms. The molecule has 1 atom stereocenters. The summed E-state index contributed by atoms with van der Waals surface area (Å²) in [6.45, 7) is 8.72. The summed E-state index contributed by atoms with van der Waals surface area (Å²) in [7, 11) is 0. The molecule has 0 saturated heterocycles. The number of ether oxygens (including phenoxy) is 2. The van der Waals surface area contributed by atoms with E-state index >= 15 is 0 Å². The third-order valence-corrected chi connectivity index (χ3v) is 4.20. The van der Waals surface area contributed by atoms with E-state index in [9.17, 15) is 9.59 Å². The lowest BCUT2D eigenvalue weighted by atomic mass is 10.1. The SMILES string of the molecule is CCCCCCCCOC(=O)c1ccc(C(=O)OC(C)CC(C)C)cc1. The molecule has 0 amide bonds. The van der Waals surface area contributed by atoms with Gasteiger partial charge in [-0.25, -0.2) is 9.59 Å². The summed E-state index contributed by atoms with van der Waals surface area (Å²) >= 11 is 0. The minimum atomic E-state index is -0.356. The number of hydrogen-bond acceptors (Lipinski definition) is 4. The average Bonchev–Trinajstić information content (AvgIpc) is 2.60. The van der Waals surface area contributed by atoms with E-state index in [0.29, 0.717) is 23.7 Å². The molecule has 1 unspecified atom stereocenters. The van der Waals surface area contributed by atoms with Crippen LogP contribution in [0, 0.1) is 5.92 Å². The smallest absolute Gasteiger partial charge is 0.338 e. The summed E-state index contributed by atoms with van der Waals surface area (Å²) in [5.41, 5.74) is 0.913. The predicted octanol–water partition coefficient (Wildman–Crippen LogP) is 5.80. The molecule has 0 aliphatic rings. The summed E-state index contributed by atoms with van der Waals surface area (Å²) < 4.78 is 10.7. The van der Waals surface area contributed by atoms with Gasteiger partial charge in [-0.15, -0.1) is 0 Å². The van der Waals surface area contributed by atoms with Crippen LogP contribution >= 0.6 is 0 Å². The molecule has 0 aromatic heterocycles. The number of rotatable bonds is 12. The fourth-order valence-corrected chi connectivity index (χ4v) is 2.84. The second-order valence-corrected chi connectivity index (χ2v) is 7.33. The zero-order valence-electron chi connectivity index (χ0n) is 16.8. The lowest BCUT2D eigenvalue weighted by Gasteiger charge is -2.15. The monoisotopic (exact) mass is 362 g/mol. The largest absolute Gasteiger partial charge is 0.462 e. The van der Waals surface area contributed by atoms with Crippen molar-refractivity contribution in [2.24, 2.45) is 5.92 Å². The van der Waals surface area contributed by atoms with Gasteiger partial charge in [0.1, 0.15) is 0 Å². The number of hydrogen-bond donors (Lipinski definition) is 0. The Balaban J connectivity index is 2.36. The Morgan fingerprint density at radius 2 is 1.38 bits per heavy atom. The van der Waals surface area contributed by atoms with Crippen LogP contribution in [0.15, 0.2) is 24.3 Å². The lowest BCUT2D eigenvalue weighted by Crippen LogP contribution is -2.17. The van der Waals surface area contributed by atoms with Gasteiger partial charge in [-0.05, 0) is 49.9 Å².